The van der Waals surface area contributed by atoms with Gasteiger partial charge in [-0.1, -0.05) is 115 Å². The zero-order valence-electron chi connectivity index (χ0n) is 71.8. The van der Waals surface area contributed by atoms with E-state index in [-0.39, 0.29) is 77.0 Å². The van der Waals surface area contributed by atoms with Gasteiger partial charge in [0.2, 0.25) is 36.0 Å². The van der Waals surface area contributed by atoms with Gasteiger partial charge in [-0.05, 0) is 192 Å². The molecule has 33 heteroatoms. The number of likely N-dealkylation sites (tertiary alicyclic amines) is 4. The Balaban J connectivity index is 0.000000127. The minimum atomic E-state index is -4.16. The summed E-state index contributed by atoms with van der Waals surface area (Å²) in [5.41, 5.74) is 4.83. The average Bonchev–Trinajstić information content (AvgIpc) is 1.67. The molecule has 4 saturated heterocycles. The fourth-order valence-corrected chi connectivity index (χ4v) is 20.7. The standard InChI is InChI=1S/C26H19ClF3NO3S.C26H19F4NO3S.C26H20F3NO3S.C26H21F2NO3S/c27-21-4-2-1-3-19(21)23(33)25-24(20-10-7-17(32)11-22(20)35-25)34-18-8-5-15(6-9-18)12-31-13-16(14-31)26(28,29)30;27-18-5-3-16(4-6-18)23(33)25-24(21-10-7-19(32)11-22(21)35-25)34-20-8-1-15(2-9-20)12-31-13-17(14-31)26(28,29)30;27-21-4-2-1-3-19(21)23(32)25-24(20-10-7-17(31)11-22(20)34-25)33-18-8-5-15(6-9-18)12-30-13-16(14-30)26(28)29;27-26(28)18-14-29(15-18)13-16-6-9-20(10-7-16)32-24-21-11-8-19(30)12-22(21)33-25(24)23(31)17-4-2-1-3-5-17/h1-11,16,32H,12-14H2;1-11,17,32H,12-14H2;1-11,16,26,31H,12-14H2;1-12,18,26,30H,13-15H2. The molecule has 4 fully saturated rings. The Hall–Kier alpha value is -13.2. The number of thiophene rings is 4. The van der Waals surface area contributed by atoms with Gasteiger partial charge in [0.25, 0.3) is 0 Å². The van der Waals surface area contributed by atoms with Gasteiger partial charge in [-0.15, -0.1) is 45.3 Å². The number of phenols is 4. The number of benzene rings is 12. The molecule has 12 aromatic carbocycles. The van der Waals surface area contributed by atoms with Crippen LogP contribution in [-0.4, -0.2) is 141 Å². The molecule has 16 nitrogen and oxygen atoms in total. The van der Waals surface area contributed by atoms with Gasteiger partial charge in [-0.25, -0.2) is 26.3 Å². The fourth-order valence-electron chi connectivity index (χ4n) is 16.0. The van der Waals surface area contributed by atoms with Crippen LogP contribution < -0.4 is 18.9 Å². The monoisotopic (exact) mass is 1970 g/mol. The molecular weight excluding hydrogens is 1890 g/mol. The van der Waals surface area contributed by atoms with Gasteiger partial charge in [0.1, 0.15) is 77.1 Å². The first-order chi connectivity index (χ1) is 65.7. The predicted octanol–water partition coefficient (Wildman–Crippen LogP) is 26.8. The number of carbonyl (C=O) groups is 4. The number of aromatic hydroxyl groups is 4. The maximum Gasteiger partial charge on any atom is 0.394 e. The molecule has 0 aliphatic carbocycles. The normalized spacial score (nSPS) is 14.6. The highest BCUT2D eigenvalue weighted by molar-refractivity contribution is 7.22. The van der Waals surface area contributed by atoms with E-state index in [1.807, 2.05) is 64.4 Å². The van der Waals surface area contributed by atoms with Gasteiger partial charge >= 0.3 is 12.4 Å². The van der Waals surface area contributed by atoms with Gasteiger partial charge in [0, 0.05) is 147 Å². The lowest BCUT2D eigenvalue weighted by Gasteiger charge is -2.40. The lowest BCUT2D eigenvalue weighted by Crippen LogP contribution is -2.52. The number of halogens is 13. The summed E-state index contributed by atoms with van der Waals surface area (Å²) in [5, 5.41) is 42.5. The van der Waals surface area contributed by atoms with Crippen LogP contribution in [0.25, 0.3) is 40.3 Å². The molecule has 16 aromatic rings. The molecule has 0 saturated carbocycles. The largest absolute Gasteiger partial charge is 0.508 e. The van der Waals surface area contributed by atoms with Crippen molar-refractivity contribution in [3.8, 4) is 69.0 Å². The number of rotatable bonds is 26. The molecule has 4 aliphatic heterocycles. The molecule has 4 aliphatic rings. The van der Waals surface area contributed by atoms with Crippen molar-refractivity contribution in [3.63, 3.8) is 0 Å². The number of carbonyl (C=O) groups excluding carboxylic acids is 4. The Morgan fingerprint density at radius 3 is 0.920 bits per heavy atom. The van der Waals surface area contributed by atoms with Gasteiger partial charge in [0.05, 0.1) is 22.4 Å². The summed E-state index contributed by atoms with van der Waals surface area (Å²) in [4.78, 5) is 61.7. The second kappa shape index (κ2) is 41.0. The SMILES string of the molecule is O=C(c1ccc(F)cc1)c1sc2cc(O)ccc2c1Oc1ccc(CN2CC(C(F)(F)F)C2)cc1.O=C(c1ccccc1)c1sc2cc(O)ccc2c1Oc1ccc(CN2CC(C(F)F)C2)cc1.O=C(c1ccccc1Cl)c1sc2cc(O)ccc2c1Oc1ccc(CN2CC(C(F)(F)F)C2)cc1.O=C(c1ccccc1F)c1sc2cc(O)ccc2c1Oc1ccc(CN2CC(C(F)F)C2)cc1. The van der Waals surface area contributed by atoms with Crippen molar-refractivity contribution in [2.45, 2.75) is 51.4 Å². The third-order valence-corrected chi connectivity index (χ3v) is 28.3. The number of ether oxygens (including phenoxy) is 4. The van der Waals surface area contributed by atoms with Crippen LogP contribution in [0, 0.1) is 35.3 Å². The van der Waals surface area contributed by atoms with E-state index in [1.165, 1.54) is 89.4 Å². The Kier molecular flexibility index (Phi) is 28.6. The van der Waals surface area contributed by atoms with E-state index in [1.54, 1.807) is 161 Å². The van der Waals surface area contributed by atoms with Crippen LogP contribution >= 0.6 is 56.9 Å². The highest BCUT2D eigenvalue weighted by atomic mass is 35.5. The maximum absolute atomic E-state index is 14.3. The molecule has 0 amide bonds. The molecule has 0 spiro atoms. The smallest absolute Gasteiger partial charge is 0.394 e. The molecular formula is C104H79ClF12N4O12S4. The first-order valence-corrected chi connectivity index (χ1v) is 46.5. The number of hydrogen-bond donors (Lipinski definition) is 4. The highest BCUT2D eigenvalue weighted by Gasteiger charge is 2.48. The van der Waals surface area contributed by atoms with Crippen LogP contribution in [0.4, 0.5) is 52.7 Å². The van der Waals surface area contributed by atoms with Gasteiger partial charge < -0.3 is 39.4 Å². The topological polar surface area (TPSA) is 199 Å². The zero-order chi connectivity index (χ0) is 96.3. The number of phenolic OH excluding ortho intramolecular Hbond substituents is 4. The Bertz CT molecular complexity index is 7090. The van der Waals surface area contributed by atoms with Gasteiger partial charge in [-0.2, -0.15) is 26.3 Å². The maximum atomic E-state index is 14.3. The molecule has 4 N–H and O–H groups in total. The number of alkyl halides is 10. The molecule has 702 valence electrons. The predicted molar refractivity (Wildman–Crippen MR) is 504 cm³/mol. The zero-order valence-corrected chi connectivity index (χ0v) is 75.8. The summed E-state index contributed by atoms with van der Waals surface area (Å²) in [5.74, 6) is -2.25. The van der Waals surface area contributed by atoms with Crippen LogP contribution in [0.5, 0.6) is 69.0 Å². The summed E-state index contributed by atoms with van der Waals surface area (Å²) in [6.07, 6.45) is -12.8. The molecule has 0 unspecified atom stereocenters. The Morgan fingerprint density at radius 2 is 0.613 bits per heavy atom. The molecule has 0 bridgehead atoms. The number of nitrogens with zero attached hydrogens (tertiary/aromatic N) is 4. The summed E-state index contributed by atoms with van der Waals surface area (Å²) in [7, 11) is 0. The quantitative estimate of drug-likeness (QED) is 0.0295. The van der Waals surface area contributed by atoms with E-state index >= 15 is 0 Å². The lowest BCUT2D eigenvalue weighted by atomic mass is 9.99. The summed E-state index contributed by atoms with van der Waals surface area (Å²) in [6.45, 7) is 3.58. The van der Waals surface area contributed by atoms with Crippen molar-refractivity contribution in [2.24, 2.45) is 23.7 Å². The van der Waals surface area contributed by atoms with Crippen molar-refractivity contribution in [1.29, 1.82) is 0 Å². The van der Waals surface area contributed by atoms with Gasteiger partial charge in [-0.3, -0.25) is 38.8 Å². The first kappa shape index (κ1) is 95.6. The Morgan fingerprint density at radius 1 is 0.336 bits per heavy atom. The second-order valence-corrected chi connectivity index (χ2v) is 38.0. The Labute approximate surface area is 796 Å². The number of fused-ring (bicyclic) bond motifs is 4. The van der Waals surface area contributed by atoms with Crippen molar-refractivity contribution >= 4 is 120 Å². The van der Waals surface area contributed by atoms with E-state index in [0.29, 0.717) is 165 Å². The van der Waals surface area contributed by atoms with E-state index in [9.17, 15) is 92.3 Å². The first-order valence-electron chi connectivity index (χ1n) is 42.9. The summed E-state index contributed by atoms with van der Waals surface area (Å²) >= 11 is 11.0. The van der Waals surface area contributed by atoms with Crippen molar-refractivity contribution in [2.75, 3.05) is 52.4 Å². The van der Waals surface area contributed by atoms with Gasteiger partial charge in [0.15, 0.2) is 23.0 Å². The molecule has 0 atom stereocenters. The average molecular weight is 1970 g/mol. The molecule has 137 heavy (non-hydrogen) atoms. The molecule has 8 heterocycles. The van der Waals surface area contributed by atoms with E-state index < -0.39 is 66.3 Å². The number of hydrogen-bond acceptors (Lipinski definition) is 20. The molecule has 0 radical (unpaired) electrons. The summed E-state index contributed by atoms with van der Waals surface area (Å²) in [6, 6.07) is 74.5. The third-order valence-electron chi connectivity index (χ3n) is 23.4. The van der Waals surface area contributed by atoms with Crippen molar-refractivity contribution < 1.29 is 111 Å². The van der Waals surface area contributed by atoms with Crippen LogP contribution in [0.15, 0.2) is 273 Å². The van der Waals surface area contributed by atoms with E-state index in [0.717, 1.165) is 55.0 Å². The molecule has 4 aromatic heterocycles. The van der Waals surface area contributed by atoms with Crippen LogP contribution in [-0.2, 0) is 26.2 Å². The summed E-state index contributed by atoms with van der Waals surface area (Å²) < 4.78 is 182. The van der Waals surface area contributed by atoms with E-state index in [2.05, 4.69) is 0 Å². The molecule has 20 rings (SSSR count). The van der Waals surface area contributed by atoms with Crippen LogP contribution in [0.2, 0.25) is 5.02 Å². The van der Waals surface area contributed by atoms with E-state index in [4.69, 9.17) is 30.5 Å². The number of ketones is 4. The fraction of sp³-hybridized carbons (Fsp3) is 0.192. The van der Waals surface area contributed by atoms with Crippen LogP contribution in [0.1, 0.15) is 83.2 Å². The highest BCUT2D eigenvalue weighted by Crippen LogP contribution is 2.49. The second-order valence-electron chi connectivity index (χ2n) is 33.3. The lowest BCUT2D eigenvalue weighted by molar-refractivity contribution is -0.210. The minimum absolute atomic E-state index is 0.00298. The minimum Gasteiger partial charge on any atom is -0.508 e. The van der Waals surface area contributed by atoms with Crippen molar-refractivity contribution in [3.05, 3.63) is 354 Å². The third kappa shape index (κ3) is 22.4. The van der Waals surface area contributed by atoms with Crippen LogP contribution in [0.3, 0.4) is 0 Å². The van der Waals surface area contributed by atoms with Crippen molar-refractivity contribution in [1.82, 2.24) is 19.6 Å².